The fourth-order valence-electron chi connectivity index (χ4n) is 1.85. The molecule has 108 valence electrons. The van der Waals surface area contributed by atoms with Crippen molar-refractivity contribution in [2.45, 2.75) is 13.3 Å². The second-order valence-electron chi connectivity index (χ2n) is 4.56. The highest BCUT2D eigenvalue weighted by atomic mass is 35.5. The molecule has 1 unspecified atom stereocenters. The van der Waals surface area contributed by atoms with Crippen LogP contribution in [0.15, 0.2) is 24.3 Å². The molecule has 1 rings (SSSR count). The van der Waals surface area contributed by atoms with E-state index >= 15 is 0 Å². The van der Waals surface area contributed by atoms with Gasteiger partial charge in [-0.05, 0) is 25.1 Å². The zero-order chi connectivity index (χ0) is 13.5. The fraction of sp³-hybridized carbons (Fsp3) is 0.500. The first-order valence-electron chi connectivity index (χ1n) is 6.19. The summed E-state index contributed by atoms with van der Waals surface area (Å²) in [6.07, 6.45) is 0.440. The summed E-state index contributed by atoms with van der Waals surface area (Å²) in [6, 6.07) is 6.61. The number of hydrogen-bond donors (Lipinski definition) is 1. The molecule has 0 bridgehead atoms. The maximum absolute atomic E-state index is 13.5. The molecule has 5 heteroatoms. The number of nitrogens with zero attached hydrogens (tertiary/aromatic N) is 1. The van der Waals surface area contributed by atoms with E-state index in [1.54, 1.807) is 30.1 Å². The first-order valence-corrected chi connectivity index (χ1v) is 6.19. The van der Waals surface area contributed by atoms with E-state index in [9.17, 15) is 9.18 Å². The number of hydrogen-bond acceptors (Lipinski definition) is 2. The molecule has 0 aliphatic heterocycles. The SMILES string of the molecule is CNCCN(C)C(=O)C(C)Cc1ccccc1F.Cl. The summed E-state index contributed by atoms with van der Waals surface area (Å²) in [5.74, 6) is -0.396. The summed E-state index contributed by atoms with van der Waals surface area (Å²) in [7, 11) is 3.62. The van der Waals surface area contributed by atoms with Crippen LogP contribution in [0.25, 0.3) is 0 Å². The van der Waals surface area contributed by atoms with Gasteiger partial charge >= 0.3 is 0 Å². The van der Waals surface area contributed by atoms with E-state index in [1.165, 1.54) is 6.07 Å². The lowest BCUT2D eigenvalue weighted by Gasteiger charge is -2.21. The summed E-state index contributed by atoms with van der Waals surface area (Å²) in [4.78, 5) is 13.7. The van der Waals surface area contributed by atoms with E-state index in [1.807, 2.05) is 14.0 Å². The Morgan fingerprint density at radius 2 is 2.05 bits per heavy atom. The van der Waals surface area contributed by atoms with Gasteiger partial charge in [0.15, 0.2) is 0 Å². The minimum absolute atomic E-state index is 0. The zero-order valence-electron chi connectivity index (χ0n) is 11.6. The normalized spacial score (nSPS) is 11.6. The molecule has 1 atom stereocenters. The molecule has 19 heavy (non-hydrogen) atoms. The largest absolute Gasteiger partial charge is 0.344 e. The molecule has 1 aromatic carbocycles. The number of benzene rings is 1. The Labute approximate surface area is 120 Å². The van der Waals surface area contributed by atoms with Gasteiger partial charge in [-0.2, -0.15) is 0 Å². The van der Waals surface area contributed by atoms with Gasteiger partial charge in [0.1, 0.15) is 5.82 Å². The van der Waals surface area contributed by atoms with E-state index < -0.39 is 0 Å². The highest BCUT2D eigenvalue weighted by Crippen LogP contribution is 2.14. The molecular weight excluding hydrogens is 267 g/mol. The zero-order valence-corrected chi connectivity index (χ0v) is 12.5. The van der Waals surface area contributed by atoms with Crippen molar-refractivity contribution in [3.63, 3.8) is 0 Å². The van der Waals surface area contributed by atoms with Crippen molar-refractivity contribution < 1.29 is 9.18 Å². The molecule has 1 aromatic rings. The van der Waals surface area contributed by atoms with Gasteiger partial charge in [0, 0.05) is 26.1 Å². The molecule has 0 saturated heterocycles. The smallest absolute Gasteiger partial charge is 0.225 e. The molecule has 3 nitrogen and oxygen atoms in total. The van der Waals surface area contributed by atoms with Crippen LogP contribution in [0.5, 0.6) is 0 Å². The lowest BCUT2D eigenvalue weighted by molar-refractivity contribution is -0.133. The highest BCUT2D eigenvalue weighted by Gasteiger charge is 2.18. The number of rotatable bonds is 6. The maximum Gasteiger partial charge on any atom is 0.225 e. The van der Waals surface area contributed by atoms with Gasteiger partial charge in [0.25, 0.3) is 0 Å². The van der Waals surface area contributed by atoms with Crippen molar-refractivity contribution in [2.75, 3.05) is 27.2 Å². The van der Waals surface area contributed by atoms with Crippen LogP contribution in [-0.2, 0) is 11.2 Å². The van der Waals surface area contributed by atoms with Crippen LogP contribution in [0.2, 0.25) is 0 Å². The number of nitrogens with one attached hydrogen (secondary N) is 1. The number of carbonyl (C=O) groups excluding carboxylic acids is 1. The number of amides is 1. The molecule has 0 spiro atoms. The minimum Gasteiger partial charge on any atom is -0.344 e. The van der Waals surface area contributed by atoms with Gasteiger partial charge in [0.2, 0.25) is 5.91 Å². The summed E-state index contributed by atoms with van der Waals surface area (Å²) < 4.78 is 13.5. The van der Waals surface area contributed by atoms with Crippen molar-refractivity contribution in [3.8, 4) is 0 Å². The van der Waals surface area contributed by atoms with Crippen LogP contribution in [0.3, 0.4) is 0 Å². The van der Waals surface area contributed by atoms with Gasteiger partial charge in [-0.1, -0.05) is 25.1 Å². The molecule has 0 fully saturated rings. The average Bonchev–Trinajstić information content (AvgIpc) is 2.37. The third-order valence-corrected chi connectivity index (χ3v) is 2.98. The molecule has 0 heterocycles. The second-order valence-corrected chi connectivity index (χ2v) is 4.56. The molecule has 1 N–H and O–H groups in total. The molecule has 0 saturated carbocycles. The van der Waals surface area contributed by atoms with Crippen molar-refractivity contribution in [1.82, 2.24) is 10.2 Å². The van der Waals surface area contributed by atoms with E-state index in [0.29, 0.717) is 18.5 Å². The van der Waals surface area contributed by atoms with Gasteiger partial charge in [0.05, 0.1) is 0 Å². The van der Waals surface area contributed by atoms with E-state index in [4.69, 9.17) is 0 Å². The minimum atomic E-state index is -0.241. The Morgan fingerprint density at radius 3 is 2.63 bits per heavy atom. The van der Waals surface area contributed by atoms with Crippen molar-refractivity contribution in [1.29, 1.82) is 0 Å². The van der Waals surface area contributed by atoms with Gasteiger partial charge in [-0.25, -0.2) is 4.39 Å². The van der Waals surface area contributed by atoms with E-state index in [2.05, 4.69) is 5.32 Å². The van der Waals surface area contributed by atoms with Crippen molar-refractivity contribution in [2.24, 2.45) is 5.92 Å². The molecule has 0 aromatic heterocycles. The number of carbonyl (C=O) groups is 1. The molecular formula is C14H22ClFN2O. The Kier molecular flexibility index (Phi) is 8.35. The molecule has 0 aliphatic carbocycles. The standard InChI is InChI=1S/C14H21FN2O.ClH/c1-11(14(18)17(3)9-8-16-2)10-12-6-4-5-7-13(12)15;/h4-7,11,16H,8-10H2,1-3H3;1H. The Hall–Kier alpha value is -1.13. The quantitative estimate of drug-likeness (QED) is 0.869. The van der Waals surface area contributed by atoms with Crippen LogP contribution >= 0.6 is 12.4 Å². The van der Waals surface area contributed by atoms with Crippen LogP contribution in [0.4, 0.5) is 4.39 Å². The number of likely N-dealkylation sites (N-methyl/N-ethyl adjacent to an activating group) is 2. The fourth-order valence-corrected chi connectivity index (χ4v) is 1.85. The Bertz CT molecular complexity index is 401. The molecule has 0 aliphatic rings. The second kappa shape index (κ2) is 8.88. The third kappa shape index (κ3) is 5.57. The lowest BCUT2D eigenvalue weighted by atomic mass is 9.99. The summed E-state index contributed by atoms with van der Waals surface area (Å²) >= 11 is 0. The van der Waals surface area contributed by atoms with Crippen LogP contribution < -0.4 is 5.32 Å². The predicted octanol–water partition coefficient (Wildman–Crippen LogP) is 2.10. The molecule has 0 radical (unpaired) electrons. The van der Waals surface area contributed by atoms with Gasteiger partial charge in [-0.15, -0.1) is 12.4 Å². The van der Waals surface area contributed by atoms with Gasteiger partial charge < -0.3 is 10.2 Å². The van der Waals surface area contributed by atoms with Crippen molar-refractivity contribution >= 4 is 18.3 Å². The van der Waals surface area contributed by atoms with E-state index in [-0.39, 0.29) is 30.0 Å². The van der Waals surface area contributed by atoms with Crippen LogP contribution in [0.1, 0.15) is 12.5 Å². The average molecular weight is 289 g/mol. The number of halogens is 2. The monoisotopic (exact) mass is 288 g/mol. The summed E-state index contributed by atoms with van der Waals surface area (Å²) in [5.41, 5.74) is 0.598. The van der Waals surface area contributed by atoms with E-state index in [0.717, 1.165) is 6.54 Å². The first-order chi connectivity index (χ1) is 8.56. The van der Waals surface area contributed by atoms with Gasteiger partial charge in [-0.3, -0.25) is 4.79 Å². The van der Waals surface area contributed by atoms with Crippen LogP contribution in [0, 0.1) is 11.7 Å². The molecule has 1 amide bonds. The highest BCUT2D eigenvalue weighted by molar-refractivity contribution is 5.85. The van der Waals surface area contributed by atoms with Crippen LogP contribution in [-0.4, -0.2) is 38.0 Å². The maximum atomic E-state index is 13.5. The third-order valence-electron chi connectivity index (χ3n) is 2.98. The predicted molar refractivity (Wildman–Crippen MR) is 78.1 cm³/mol. The summed E-state index contributed by atoms with van der Waals surface area (Å²) in [5, 5.41) is 3.00. The Morgan fingerprint density at radius 1 is 1.42 bits per heavy atom. The van der Waals surface area contributed by atoms with Crippen molar-refractivity contribution in [3.05, 3.63) is 35.6 Å². The lowest BCUT2D eigenvalue weighted by Crippen LogP contribution is -2.36. The summed E-state index contributed by atoms with van der Waals surface area (Å²) in [6.45, 7) is 3.26. The Balaban J connectivity index is 0.00000324. The first kappa shape index (κ1) is 17.9. The topological polar surface area (TPSA) is 32.3 Å².